The zero-order chi connectivity index (χ0) is 16.0. The molecule has 0 amide bonds. The molecular weight excluding hydrogens is 294 g/mol. The molecule has 0 heterocycles. The third-order valence-corrected chi connectivity index (χ3v) is 4.72. The average Bonchev–Trinajstić information content (AvgIpc) is 2.46. The SMILES string of the molecule is C=CCN(CCC)S(=O)(=O)c1cc(C(=O)O)ccc1OC. The fourth-order valence-electron chi connectivity index (χ4n) is 1.85. The molecular formula is C14H19NO5S. The van der Waals surface area contributed by atoms with Crippen LogP contribution in [-0.4, -0.2) is 44.0 Å². The summed E-state index contributed by atoms with van der Waals surface area (Å²) < 4.78 is 31.6. The van der Waals surface area contributed by atoms with E-state index >= 15 is 0 Å². The predicted octanol–water partition coefficient (Wildman–Crippen LogP) is 1.98. The first-order valence-corrected chi connectivity index (χ1v) is 7.84. The maximum Gasteiger partial charge on any atom is 0.335 e. The van der Waals surface area contributed by atoms with Gasteiger partial charge >= 0.3 is 5.97 Å². The van der Waals surface area contributed by atoms with Crippen molar-refractivity contribution in [2.24, 2.45) is 0 Å². The van der Waals surface area contributed by atoms with Crippen LogP contribution in [0.5, 0.6) is 5.75 Å². The second-order valence-corrected chi connectivity index (χ2v) is 6.23. The van der Waals surface area contributed by atoms with Gasteiger partial charge in [0.25, 0.3) is 0 Å². The van der Waals surface area contributed by atoms with Crippen LogP contribution in [0.2, 0.25) is 0 Å². The van der Waals surface area contributed by atoms with E-state index in [1.807, 2.05) is 6.92 Å². The first-order valence-electron chi connectivity index (χ1n) is 6.40. The molecule has 0 saturated heterocycles. The van der Waals surface area contributed by atoms with Crippen LogP contribution in [0.1, 0.15) is 23.7 Å². The Bertz CT molecular complexity index is 624. The van der Waals surface area contributed by atoms with Crippen LogP contribution in [0.4, 0.5) is 0 Å². The molecule has 0 unspecified atom stereocenters. The Morgan fingerprint density at radius 2 is 2.14 bits per heavy atom. The maximum absolute atomic E-state index is 12.7. The molecule has 7 heteroatoms. The van der Waals surface area contributed by atoms with E-state index in [1.165, 1.54) is 29.6 Å². The molecule has 1 rings (SSSR count). The first-order chi connectivity index (χ1) is 9.88. The highest BCUT2D eigenvalue weighted by Gasteiger charge is 2.27. The van der Waals surface area contributed by atoms with Gasteiger partial charge in [-0.05, 0) is 24.6 Å². The van der Waals surface area contributed by atoms with E-state index in [9.17, 15) is 13.2 Å². The van der Waals surface area contributed by atoms with Crippen LogP contribution >= 0.6 is 0 Å². The minimum Gasteiger partial charge on any atom is -0.495 e. The molecule has 1 aromatic rings. The summed E-state index contributed by atoms with van der Waals surface area (Å²) in [6.45, 7) is 5.87. The summed E-state index contributed by atoms with van der Waals surface area (Å²) in [7, 11) is -2.51. The Balaban J connectivity index is 3.42. The summed E-state index contributed by atoms with van der Waals surface area (Å²) in [5.41, 5.74) is -0.107. The van der Waals surface area contributed by atoms with Gasteiger partial charge < -0.3 is 9.84 Å². The van der Waals surface area contributed by atoms with Gasteiger partial charge in [-0.1, -0.05) is 13.0 Å². The molecule has 1 aromatic carbocycles. The second-order valence-electron chi connectivity index (χ2n) is 4.32. The number of hydrogen-bond acceptors (Lipinski definition) is 4. The van der Waals surface area contributed by atoms with Crippen LogP contribution < -0.4 is 4.74 Å². The van der Waals surface area contributed by atoms with Crippen molar-refractivity contribution in [3.8, 4) is 5.75 Å². The van der Waals surface area contributed by atoms with Gasteiger partial charge in [-0.25, -0.2) is 13.2 Å². The minimum absolute atomic E-state index is 0.107. The molecule has 0 atom stereocenters. The van der Waals surface area contributed by atoms with Crippen molar-refractivity contribution in [1.82, 2.24) is 4.31 Å². The Morgan fingerprint density at radius 3 is 2.62 bits per heavy atom. The average molecular weight is 313 g/mol. The summed E-state index contributed by atoms with van der Waals surface area (Å²) in [5, 5.41) is 9.02. The Morgan fingerprint density at radius 1 is 1.48 bits per heavy atom. The third kappa shape index (κ3) is 3.83. The lowest BCUT2D eigenvalue weighted by molar-refractivity contribution is 0.0696. The maximum atomic E-state index is 12.7. The van der Waals surface area contributed by atoms with Crippen LogP contribution in [0.15, 0.2) is 35.7 Å². The van der Waals surface area contributed by atoms with Crippen LogP contribution in [-0.2, 0) is 10.0 Å². The number of sulfonamides is 1. The molecule has 0 aliphatic carbocycles. The molecule has 0 bridgehead atoms. The normalized spacial score (nSPS) is 11.4. The molecule has 0 saturated carbocycles. The quantitative estimate of drug-likeness (QED) is 0.742. The molecule has 116 valence electrons. The standard InChI is InChI=1S/C14H19NO5S/c1-4-8-15(9-5-2)21(18,19)13-10-11(14(16)17)6-7-12(13)20-3/h4,6-7,10H,1,5,8-9H2,2-3H3,(H,16,17). The molecule has 0 aromatic heterocycles. The number of rotatable bonds is 8. The van der Waals surface area contributed by atoms with E-state index in [1.54, 1.807) is 0 Å². The Kier molecular flexibility index (Phi) is 5.92. The van der Waals surface area contributed by atoms with Gasteiger partial charge in [-0.3, -0.25) is 0 Å². The van der Waals surface area contributed by atoms with E-state index < -0.39 is 16.0 Å². The molecule has 0 spiro atoms. The number of methoxy groups -OCH3 is 1. The largest absolute Gasteiger partial charge is 0.495 e. The molecule has 1 N–H and O–H groups in total. The smallest absolute Gasteiger partial charge is 0.335 e. The van der Waals surface area contributed by atoms with Gasteiger partial charge in [-0.15, -0.1) is 6.58 Å². The number of nitrogens with zero attached hydrogens (tertiary/aromatic N) is 1. The van der Waals surface area contributed by atoms with E-state index in [-0.39, 0.29) is 22.8 Å². The number of carboxylic acid groups (broad SMARTS) is 1. The molecule has 6 nitrogen and oxygen atoms in total. The minimum atomic E-state index is -3.85. The van der Waals surface area contributed by atoms with E-state index in [0.29, 0.717) is 13.0 Å². The van der Waals surface area contributed by atoms with Gasteiger partial charge in [0, 0.05) is 13.1 Å². The summed E-state index contributed by atoms with van der Waals surface area (Å²) in [6.07, 6.45) is 2.12. The molecule has 0 fully saturated rings. The monoisotopic (exact) mass is 313 g/mol. The molecule has 21 heavy (non-hydrogen) atoms. The highest BCUT2D eigenvalue weighted by Crippen LogP contribution is 2.28. The van der Waals surface area contributed by atoms with Crippen molar-refractivity contribution in [3.05, 3.63) is 36.4 Å². The van der Waals surface area contributed by atoms with Gasteiger partial charge in [0.2, 0.25) is 10.0 Å². The number of benzene rings is 1. The van der Waals surface area contributed by atoms with Crippen molar-refractivity contribution in [1.29, 1.82) is 0 Å². The summed E-state index contributed by atoms with van der Waals surface area (Å²) >= 11 is 0. The lowest BCUT2D eigenvalue weighted by Gasteiger charge is -2.21. The fourth-order valence-corrected chi connectivity index (χ4v) is 3.54. The van der Waals surface area contributed by atoms with E-state index in [2.05, 4.69) is 6.58 Å². The molecule has 0 aliphatic heterocycles. The van der Waals surface area contributed by atoms with Crippen LogP contribution in [0, 0.1) is 0 Å². The van der Waals surface area contributed by atoms with Gasteiger partial charge in [0.1, 0.15) is 10.6 Å². The van der Waals surface area contributed by atoms with Gasteiger partial charge in [0.15, 0.2) is 0 Å². The fraction of sp³-hybridized carbons (Fsp3) is 0.357. The van der Waals surface area contributed by atoms with Crippen molar-refractivity contribution >= 4 is 16.0 Å². The number of carboxylic acids is 1. The number of carbonyl (C=O) groups is 1. The highest BCUT2D eigenvalue weighted by molar-refractivity contribution is 7.89. The van der Waals surface area contributed by atoms with E-state index in [4.69, 9.17) is 9.84 Å². The number of aromatic carboxylic acids is 1. The summed E-state index contributed by atoms with van der Waals surface area (Å²) in [6, 6.07) is 3.76. The first kappa shape index (κ1) is 17.2. The zero-order valence-electron chi connectivity index (χ0n) is 12.1. The Labute approximate surface area is 124 Å². The molecule has 0 radical (unpaired) electrons. The van der Waals surface area contributed by atoms with Gasteiger partial charge in [0.05, 0.1) is 12.7 Å². The summed E-state index contributed by atoms with van der Waals surface area (Å²) in [5.74, 6) is -1.08. The third-order valence-electron chi connectivity index (χ3n) is 2.83. The topological polar surface area (TPSA) is 83.9 Å². The zero-order valence-corrected chi connectivity index (χ0v) is 12.9. The van der Waals surface area contributed by atoms with Gasteiger partial charge in [-0.2, -0.15) is 4.31 Å². The summed E-state index contributed by atoms with van der Waals surface area (Å²) in [4.78, 5) is 10.9. The lowest BCUT2D eigenvalue weighted by Crippen LogP contribution is -2.32. The number of ether oxygens (including phenoxy) is 1. The Hall–Kier alpha value is -1.86. The van der Waals surface area contributed by atoms with Crippen LogP contribution in [0.25, 0.3) is 0 Å². The van der Waals surface area contributed by atoms with E-state index in [0.717, 1.165) is 6.07 Å². The highest BCUT2D eigenvalue weighted by atomic mass is 32.2. The lowest BCUT2D eigenvalue weighted by atomic mass is 10.2. The van der Waals surface area contributed by atoms with Crippen molar-refractivity contribution in [3.63, 3.8) is 0 Å². The molecule has 0 aliphatic rings. The van der Waals surface area contributed by atoms with Crippen molar-refractivity contribution in [2.75, 3.05) is 20.2 Å². The second kappa shape index (κ2) is 7.24. The predicted molar refractivity (Wildman–Crippen MR) is 79.2 cm³/mol. The van der Waals surface area contributed by atoms with Crippen LogP contribution in [0.3, 0.4) is 0 Å². The van der Waals surface area contributed by atoms with Crippen molar-refractivity contribution in [2.45, 2.75) is 18.2 Å². The van der Waals surface area contributed by atoms with Crippen molar-refractivity contribution < 1.29 is 23.1 Å². The number of hydrogen-bond donors (Lipinski definition) is 1.